The number of anilines is 1. The van der Waals surface area contributed by atoms with Gasteiger partial charge >= 0.3 is 0 Å². The summed E-state index contributed by atoms with van der Waals surface area (Å²) < 4.78 is 7.07. The molecule has 0 aliphatic carbocycles. The molecule has 0 N–H and O–H groups in total. The normalized spacial score (nSPS) is 16.3. The van der Waals surface area contributed by atoms with E-state index in [1.54, 1.807) is 23.0 Å². The van der Waals surface area contributed by atoms with Gasteiger partial charge < -0.3 is 9.32 Å². The molecule has 4 aromatic rings. The second-order valence-electron chi connectivity index (χ2n) is 8.03. The first kappa shape index (κ1) is 20.6. The van der Waals surface area contributed by atoms with Gasteiger partial charge in [0.2, 0.25) is 5.91 Å². The molecule has 2 aromatic heterocycles. The van der Waals surface area contributed by atoms with Crippen molar-refractivity contribution in [2.24, 2.45) is 0 Å². The zero-order valence-corrected chi connectivity index (χ0v) is 18.7. The number of rotatable bonds is 5. The summed E-state index contributed by atoms with van der Waals surface area (Å²) in [5.41, 5.74) is 2.63. The summed E-state index contributed by atoms with van der Waals surface area (Å²) in [6, 6.07) is 19.0. The molecule has 6 nitrogen and oxygen atoms in total. The third-order valence-corrected chi connectivity index (χ3v) is 6.87. The maximum Gasteiger partial charge on any atom is 0.262 e. The lowest BCUT2D eigenvalue weighted by molar-refractivity contribution is -0.118. The first-order valence-corrected chi connectivity index (χ1v) is 11.5. The molecule has 7 heteroatoms. The average molecular weight is 446 g/mol. The number of hydrogen-bond donors (Lipinski definition) is 0. The van der Waals surface area contributed by atoms with Crippen LogP contribution in [-0.2, 0) is 17.8 Å². The third-order valence-electron chi connectivity index (χ3n) is 5.80. The van der Waals surface area contributed by atoms with E-state index in [9.17, 15) is 9.59 Å². The van der Waals surface area contributed by atoms with Crippen LogP contribution in [0.25, 0.3) is 10.9 Å². The van der Waals surface area contributed by atoms with Gasteiger partial charge in [0.25, 0.3) is 5.56 Å². The number of hydrogen-bond acceptors (Lipinski definition) is 5. The molecule has 1 aliphatic heterocycles. The van der Waals surface area contributed by atoms with E-state index in [-0.39, 0.29) is 24.1 Å². The van der Waals surface area contributed by atoms with Gasteiger partial charge in [-0.15, -0.1) is 0 Å². The predicted octanol–water partition coefficient (Wildman–Crippen LogP) is 4.50. The van der Waals surface area contributed by atoms with Crippen LogP contribution in [0.1, 0.15) is 25.2 Å². The number of aromatic nitrogens is 2. The Kier molecular flexibility index (Phi) is 5.35. The van der Waals surface area contributed by atoms with Crippen LogP contribution in [0.3, 0.4) is 0 Å². The van der Waals surface area contributed by atoms with Crippen molar-refractivity contribution in [3.05, 3.63) is 88.6 Å². The van der Waals surface area contributed by atoms with Gasteiger partial charge in [0.05, 0.1) is 29.0 Å². The van der Waals surface area contributed by atoms with E-state index in [4.69, 9.17) is 9.40 Å². The van der Waals surface area contributed by atoms with E-state index in [0.29, 0.717) is 21.8 Å². The highest BCUT2D eigenvalue weighted by Crippen LogP contribution is 2.34. The number of carbonyl (C=O) groups excluding carboxylic acids is 1. The molecule has 0 saturated heterocycles. The zero-order valence-electron chi connectivity index (χ0n) is 17.9. The standard InChI is InChI=1S/C25H23N3O3S/c1-16-14-18-8-3-6-12-22(18)28(16)23(29)17(2)32-25-26-21-11-5-4-10-20(21)24(30)27(25)15-19-9-7-13-31-19/h3-13,16-17H,14-15H2,1-2H3/t16-,17+/m1/s1. The lowest BCUT2D eigenvalue weighted by Gasteiger charge is -2.26. The van der Waals surface area contributed by atoms with Gasteiger partial charge in [-0.25, -0.2) is 4.98 Å². The van der Waals surface area contributed by atoms with E-state index in [0.717, 1.165) is 12.1 Å². The van der Waals surface area contributed by atoms with Crippen molar-refractivity contribution < 1.29 is 9.21 Å². The lowest BCUT2D eigenvalue weighted by atomic mass is 10.1. The van der Waals surface area contributed by atoms with E-state index in [2.05, 4.69) is 13.0 Å². The van der Waals surface area contributed by atoms with Crippen LogP contribution >= 0.6 is 11.8 Å². The van der Waals surface area contributed by atoms with Crippen molar-refractivity contribution in [3.63, 3.8) is 0 Å². The molecule has 0 bridgehead atoms. The fourth-order valence-electron chi connectivity index (χ4n) is 4.24. The van der Waals surface area contributed by atoms with Crippen molar-refractivity contribution in [3.8, 4) is 0 Å². The Hall–Kier alpha value is -3.32. The first-order valence-electron chi connectivity index (χ1n) is 10.6. The molecular weight excluding hydrogens is 422 g/mol. The summed E-state index contributed by atoms with van der Waals surface area (Å²) in [4.78, 5) is 33.4. The van der Waals surface area contributed by atoms with E-state index in [1.807, 2.05) is 54.3 Å². The Morgan fingerprint density at radius 1 is 1.16 bits per heavy atom. The fraction of sp³-hybridized carbons (Fsp3) is 0.240. The Morgan fingerprint density at radius 3 is 2.75 bits per heavy atom. The van der Waals surface area contributed by atoms with Crippen LogP contribution in [0.4, 0.5) is 5.69 Å². The van der Waals surface area contributed by atoms with Gasteiger partial charge in [0.15, 0.2) is 5.16 Å². The fourth-order valence-corrected chi connectivity index (χ4v) is 5.20. The quantitative estimate of drug-likeness (QED) is 0.334. The lowest BCUT2D eigenvalue weighted by Crippen LogP contribution is -2.40. The monoisotopic (exact) mass is 445 g/mol. The number of nitrogens with zero attached hydrogens (tertiary/aromatic N) is 3. The molecule has 0 spiro atoms. The topological polar surface area (TPSA) is 68.3 Å². The van der Waals surface area contributed by atoms with Crippen LogP contribution in [0.5, 0.6) is 0 Å². The number of thioether (sulfide) groups is 1. The number of carbonyl (C=O) groups is 1. The zero-order chi connectivity index (χ0) is 22.2. The summed E-state index contributed by atoms with van der Waals surface area (Å²) >= 11 is 1.31. The molecule has 3 heterocycles. The van der Waals surface area contributed by atoms with Crippen molar-refractivity contribution in [2.45, 2.75) is 43.3 Å². The van der Waals surface area contributed by atoms with E-state index >= 15 is 0 Å². The molecule has 1 aliphatic rings. The summed E-state index contributed by atoms with van der Waals surface area (Å²) in [5.74, 6) is 0.673. The maximum absolute atomic E-state index is 13.5. The SMILES string of the molecule is C[C@H](Sc1nc2ccccc2c(=O)n1Cc1ccco1)C(=O)N1c2ccccc2C[C@H]1C. The van der Waals surface area contributed by atoms with Crippen LogP contribution in [-0.4, -0.2) is 26.8 Å². The van der Waals surface area contributed by atoms with Crippen LogP contribution in [0.15, 0.2) is 81.3 Å². The number of furan rings is 1. The number of para-hydroxylation sites is 2. The van der Waals surface area contributed by atoms with Crippen LogP contribution < -0.4 is 10.5 Å². The highest BCUT2D eigenvalue weighted by molar-refractivity contribution is 8.00. The molecule has 162 valence electrons. The maximum atomic E-state index is 13.5. The Morgan fingerprint density at radius 2 is 1.94 bits per heavy atom. The highest BCUT2D eigenvalue weighted by atomic mass is 32.2. The molecule has 0 radical (unpaired) electrons. The average Bonchev–Trinajstić information content (AvgIpc) is 3.42. The molecule has 1 amide bonds. The molecular formula is C25H23N3O3S. The Balaban J connectivity index is 1.50. The Labute approximate surface area is 189 Å². The number of amides is 1. The van der Waals surface area contributed by atoms with E-state index < -0.39 is 5.25 Å². The van der Waals surface area contributed by atoms with Gasteiger partial charge in [0, 0.05) is 11.7 Å². The Bertz CT molecular complexity index is 1350. The summed E-state index contributed by atoms with van der Waals surface area (Å²) in [6.07, 6.45) is 2.43. The van der Waals surface area contributed by atoms with Gasteiger partial charge in [-0.3, -0.25) is 14.2 Å². The highest BCUT2D eigenvalue weighted by Gasteiger charge is 2.34. The van der Waals surface area contributed by atoms with Crippen molar-refractivity contribution in [2.75, 3.05) is 4.90 Å². The van der Waals surface area contributed by atoms with Gasteiger partial charge in [-0.2, -0.15) is 0 Å². The van der Waals surface area contributed by atoms with Crippen LogP contribution in [0, 0.1) is 0 Å². The molecule has 0 unspecified atom stereocenters. The number of benzene rings is 2. The first-order chi connectivity index (χ1) is 15.5. The van der Waals surface area contributed by atoms with Gasteiger partial charge in [0.1, 0.15) is 5.76 Å². The van der Waals surface area contributed by atoms with Crippen LogP contribution in [0.2, 0.25) is 0 Å². The van der Waals surface area contributed by atoms with Crippen molar-refractivity contribution >= 4 is 34.3 Å². The number of fused-ring (bicyclic) bond motifs is 2. The molecule has 2 atom stereocenters. The van der Waals surface area contributed by atoms with Crippen molar-refractivity contribution in [1.82, 2.24) is 9.55 Å². The molecule has 0 saturated carbocycles. The molecule has 5 rings (SSSR count). The third kappa shape index (κ3) is 3.62. The molecule has 0 fully saturated rings. The van der Waals surface area contributed by atoms with Gasteiger partial charge in [-0.1, -0.05) is 42.1 Å². The minimum atomic E-state index is -0.417. The molecule has 32 heavy (non-hydrogen) atoms. The summed E-state index contributed by atoms with van der Waals surface area (Å²) in [5, 5.41) is 0.634. The largest absolute Gasteiger partial charge is 0.467 e. The predicted molar refractivity (Wildman–Crippen MR) is 126 cm³/mol. The second kappa shape index (κ2) is 8.31. The second-order valence-corrected chi connectivity index (χ2v) is 9.34. The summed E-state index contributed by atoms with van der Waals surface area (Å²) in [7, 11) is 0. The minimum absolute atomic E-state index is 0.0133. The smallest absolute Gasteiger partial charge is 0.262 e. The van der Waals surface area contributed by atoms with E-state index in [1.165, 1.54) is 17.3 Å². The minimum Gasteiger partial charge on any atom is -0.467 e. The summed E-state index contributed by atoms with van der Waals surface area (Å²) in [6.45, 7) is 4.20. The molecule has 2 aromatic carbocycles. The van der Waals surface area contributed by atoms with Crippen molar-refractivity contribution in [1.29, 1.82) is 0 Å². The van der Waals surface area contributed by atoms with Gasteiger partial charge in [-0.05, 0) is 56.2 Å².